The summed E-state index contributed by atoms with van der Waals surface area (Å²) in [6.07, 6.45) is 0.463. The van der Waals surface area contributed by atoms with Gasteiger partial charge in [0.2, 0.25) is 15.9 Å². The van der Waals surface area contributed by atoms with E-state index in [0.717, 1.165) is 16.7 Å². The zero-order valence-electron chi connectivity index (χ0n) is 19.8. The number of sulfonamides is 1. The molecule has 0 saturated heterocycles. The topological polar surface area (TPSA) is 66.9 Å². The zero-order chi connectivity index (χ0) is 24.9. The maximum absolute atomic E-state index is 13.6. The van der Waals surface area contributed by atoms with E-state index in [1.54, 1.807) is 7.05 Å². The number of hydrogen-bond donors (Lipinski definition) is 0. The van der Waals surface area contributed by atoms with Crippen molar-refractivity contribution >= 4 is 33.2 Å². The summed E-state index contributed by atoms with van der Waals surface area (Å²) in [7, 11) is -0.886. The number of methoxy groups -OCH3 is 1. The Kier molecular flexibility index (Phi) is 8.36. The number of rotatable bonds is 9. The second kappa shape index (κ2) is 11.0. The van der Waals surface area contributed by atoms with E-state index in [1.165, 1.54) is 34.5 Å². The first kappa shape index (κ1) is 25.7. The number of amides is 1. The lowest BCUT2D eigenvalue weighted by Gasteiger charge is -2.25. The first-order valence-corrected chi connectivity index (χ1v) is 12.7. The van der Waals surface area contributed by atoms with Crippen molar-refractivity contribution in [3.8, 4) is 5.75 Å². The van der Waals surface area contributed by atoms with Crippen molar-refractivity contribution in [1.29, 1.82) is 0 Å². The lowest BCUT2D eigenvalue weighted by Crippen LogP contribution is -2.42. The Labute approximate surface area is 206 Å². The highest BCUT2D eigenvalue weighted by Crippen LogP contribution is 2.29. The molecule has 3 aromatic carbocycles. The molecule has 0 heterocycles. The fourth-order valence-electron chi connectivity index (χ4n) is 3.47. The van der Waals surface area contributed by atoms with E-state index in [0.29, 0.717) is 17.9 Å². The second-order valence-corrected chi connectivity index (χ2v) is 10.4. The van der Waals surface area contributed by atoms with Gasteiger partial charge < -0.3 is 9.64 Å². The van der Waals surface area contributed by atoms with Crippen LogP contribution < -0.4 is 9.64 Å². The first-order chi connectivity index (χ1) is 16.1. The Morgan fingerprint density at radius 3 is 2.29 bits per heavy atom. The molecule has 6 nitrogen and oxygen atoms in total. The van der Waals surface area contributed by atoms with E-state index in [9.17, 15) is 13.2 Å². The number of ether oxygens (including phenoxy) is 1. The van der Waals surface area contributed by atoms with Gasteiger partial charge in [0.15, 0.2) is 0 Å². The minimum atomic E-state index is -4.00. The number of carbonyl (C=O) groups is 1. The molecule has 0 unspecified atom stereocenters. The normalized spacial score (nSPS) is 11.5. The van der Waals surface area contributed by atoms with Gasteiger partial charge in [0.1, 0.15) is 5.75 Å². The number of halogens is 1. The van der Waals surface area contributed by atoms with Gasteiger partial charge in [0.25, 0.3) is 0 Å². The van der Waals surface area contributed by atoms with Crippen LogP contribution in [0.25, 0.3) is 0 Å². The summed E-state index contributed by atoms with van der Waals surface area (Å²) in [5, 5.41) is 0.185. The van der Waals surface area contributed by atoms with E-state index in [4.69, 9.17) is 16.3 Å². The van der Waals surface area contributed by atoms with Crippen molar-refractivity contribution in [2.45, 2.75) is 25.2 Å². The molecule has 180 valence electrons. The number of hydrogen-bond acceptors (Lipinski definition) is 4. The van der Waals surface area contributed by atoms with E-state index >= 15 is 0 Å². The van der Waals surface area contributed by atoms with Crippen molar-refractivity contribution in [3.05, 3.63) is 88.4 Å². The molecule has 3 aromatic rings. The third kappa shape index (κ3) is 5.97. The third-order valence-electron chi connectivity index (χ3n) is 5.82. The molecule has 0 spiro atoms. The molecule has 34 heavy (non-hydrogen) atoms. The van der Waals surface area contributed by atoms with Gasteiger partial charge in [-0.2, -0.15) is 4.31 Å². The Morgan fingerprint density at radius 2 is 1.68 bits per heavy atom. The number of aryl methyl sites for hydroxylation is 2. The summed E-state index contributed by atoms with van der Waals surface area (Å²) in [5.41, 5.74) is 3.86. The maximum atomic E-state index is 13.6. The molecule has 0 fully saturated rings. The summed E-state index contributed by atoms with van der Waals surface area (Å²) in [6, 6.07) is 19.6. The van der Waals surface area contributed by atoms with E-state index in [-0.39, 0.29) is 28.9 Å². The highest BCUT2D eigenvalue weighted by Gasteiger charge is 2.28. The predicted molar refractivity (Wildman–Crippen MR) is 136 cm³/mol. The fraction of sp³-hybridized carbons (Fsp3) is 0.269. The average molecular weight is 501 g/mol. The number of nitrogens with zero attached hydrogens (tertiary/aromatic N) is 2. The molecule has 1 amide bonds. The molecule has 0 atom stereocenters. The van der Waals surface area contributed by atoms with Crippen LogP contribution in [0.5, 0.6) is 5.75 Å². The van der Waals surface area contributed by atoms with Crippen molar-refractivity contribution in [3.63, 3.8) is 0 Å². The Morgan fingerprint density at radius 1 is 0.971 bits per heavy atom. The molecule has 0 aromatic heterocycles. The van der Waals surface area contributed by atoms with E-state index < -0.39 is 10.0 Å². The highest BCUT2D eigenvalue weighted by atomic mass is 35.5. The van der Waals surface area contributed by atoms with Gasteiger partial charge in [-0.1, -0.05) is 48.0 Å². The largest absolute Gasteiger partial charge is 0.495 e. The van der Waals surface area contributed by atoms with Crippen LogP contribution in [-0.2, 0) is 21.2 Å². The first-order valence-electron chi connectivity index (χ1n) is 10.8. The van der Waals surface area contributed by atoms with Crippen LogP contribution in [0.15, 0.2) is 71.6 Å². The SMILES string of the molecule is COc1ccc(S(=O)(=O)N(CCc2ccccc2)CC(=O)N(C)c2ccc(C)c(C)c2)cc1Cl. The summed E-state index contributed by atoms with van der Waals surface area (Å²) < 4.78 is 33.5. The highest BCUT2D eigenvalue weighted by molar-refractivity contribution is 7.89. The molecule has 0 aliphatic heterocycles. The van der Waals surface area contributed by atoms with E-state index in [1.807, 2.05) is 62.4 Å². The van der Waals surface area contributed by atoms with Gasteiger partial charge in [0.05, 0.1) is 23.6 Å². The van der Waals surface area contributed by atoms with Gasteiger partial charge in [-0.15, -0.1) is 0 Å². The number of benzene rings is 3. The molecule has 0 saturated carbocycles. The average Bonchev–Trinajstić information content (AvgIpc) is 2.83. The molecule has 8 heteroatoms. The van der Waals surface area contributed by atoms with Crippen molar-refractivity contribution < 1.29 is 17.9 Å². The third-order valence-corrected chi connectivity index (χ3v) is 7.95. The number of anilines is 1. The molecule has 0 N–H and O–H groups in total. The Bertz CT molecular complexity index is 1260. The summed E-state index contributed by atoms with van der Waals surface area (Å²) in [4.78, 5) is 14.7. The lowest BCUT2D eigenvalue weighted by molar-refractivity contribution is -0.118. The van der Waals surface area contributed by atoms with Gasteiger partial charge in [0, 0.05) is 19.3 Å². The van der Waals surface area contributed by atoms with Crippen LogP contribution in [0.3, 0.4) is 0 Å². The summed E-state index contributed by atoms with van der Waals surface area (Å²) >= 11 is 6.19. The zero-order valence-corrected chi connectivity index (χ0v) is 21.4. The quantitative estimate of drug-likeness (QED) is 0.420. The fourth-order valence-corrected chi connectivity index (χ4v) is 5.21. The van der Waals surface area contributed by atoms with Gasteiger partial charge in [-0.3, -0.25) is 4.79 Å². The number of likely N-dealkylation sites (N-methyl/N-ethyl adjacent to an activating group) is 1. The van der Waals surface area contributed by atoms with Crippen molar-refractivity contribution in [2.75, 3.05) is 32.1 Å². The monoisotopic (exact) mass is 500 g/mol. The van der Waals surface area contributed by atoms with Crippen LogP contribution in [0, 0.1) is 13.8 Å². The van der Waals surface area contributed by atoms with Crippen molar-refractivity contribution in [1.82, 2.24) is 4.31 Å². The predicted octanol–water partition coefficient (Wildman–Crippen LogP) is 4.86. The molecular weight excluding hydrogens is 472 g/mol. The molecule has 0 aliphatic carbocycles. The molecule has 0 aliphatic rings. The number of carbonyl (C=O) groups excluding carboxylic acids is 1. The molecule has 3 rings (SSSR count). The maximum Gasteiger partial charge on any atom is 0.243 e. The van der Waals surface area contributed by atoms with Gasteiger partial charge in [-0.25, -0.2) is 8.42 Å². The summed E-state index contributed by atoms with van der Waals surface area (Å²) in [6.45, 7) is 3.81. The van der Waals surface area contributed by atoms with E-state index in [2.05, 4.69) is 0 Å². The van der Waals surface area contributed by atoms with Crippen molar-refractivity contribution in [2.24, 2.45) is 0 Å². The van der Waals surface area contributed by atoms with Crippen LogP contribution in [0.4, 0.5) is 5.69 Å². The van der Waals surface area contributed by atoms with Gasteiger partial charge in [-0.05, 0) is 67.3 Å². The Balaban J connectivity index is 1.90. The van der Waals surface area contributed by atoms with Crippen LogP contribution >= 0.6 is 11.6 Å². The molecule has 0 bridgehead atoms. The lowest BCUT2D eigenvalue weighted by atomic mass is 10.1. The van der Waals surface area contributed by atoms with Crippen LogP contribution in [0.2, 0.25) is 5.02 Å². The molecule has 0 radical (unpaired) electrons. The molecular formula is C26H29ClN2O4S. The van der Waals surface area contributed by atoms with Gasteiger partial charge >= 0.3 is 0 Å². The summed E-state index contributed by atoms with van der Waals surface area (Å²) in [5.74, 6) is 0.0431. The van der Waals surface area contributed by atoms with Crippen LogP contribution in [0.1, 0.15) is 16.7 Å². The standard InChI is InChI=1S/C26H29ClN2O4S/c1-19-10-11-22(16-20(19)2)28(3)26(30)18-29(15-14-21-8-6-5-7-9-21)34(31,32)23-12-13-25(33-4)24(27)17-23/h5-13,16-17H,14-15,18H2,1-4H3. The minimum absolute atomic E-state index is 0.00740. The second-order valence-electron chi connectivity index (χ2n) is 8.09. The Hall–Kier alpha value is -2.87. The van der Waals surface area contributed by atoms with Crippen LogP contribution in [-0.4, -0.2) is 45.9 Å². The smallest absolute Gasteiger partial charge is 0.243 e. The minimum Gasteiger partial charge on any atom is -0.495 e.